The molecule has 19 heavy (non-hydrogen) atoms. The standard InChI is InChI=1S/C14H16BrFN2S/c1-3-17-14(7-11-8-19-9(2)18-11)12-5-4-10(16)6-13(12)15/h4-6,8,14,17H,3,7H2,1-2H3. The number of rotatable bonds is 5. The maximum absolute atomic E-state index is 13.2. The minimum atomic E-state index is -0.227. The van der Waals surface area contributed by atoms with Crippen LogP contribution in [-0.2, 0) is 6.42 Å². The molecule has 0 amide bonds. The lowest BCUT2D eigenvalue weighted by molar-refractivity contribution is 0.540. The van der Waals surface area contributed by atoms with E-state index in [0.29, 0.717) is 0 Å². The highest BCUT2D eigenvalue weighted by atomic mass is 79.9. The van der Waals surface area contributed by atoms with Gasteiger partial charge >= 0.3 is 0 Å². The fourth-order valence-electron chi connectivity index (χ4n) is 2.03. The second-order valence-corrected chi connectivity index (χ2v) is 6.25. The summed E-state index contributed by atoms with van der Waals surface area (Å²) >= 11 is 5.09. The predicted molar refractivity (Wildman–Crippen MR) is 81.1 cm³/mol. The van der Waals surface area contributed by atoms with Gasteiger partial charge in [0, 0.05) is 22.3 Å². The molecule has 0 aliphatic heterocycles. The SMILES string of the molecule is CCNC(Cc1csc(C)n1)c1ccc(F)cc1Br. The van der Waals surface area contributed by atoms with Crippen LogP contribution in [0.4, 0.5) is 4.39 Å². The molecule has 1 aromatic heterocycles. The summed E-state index contributed by atoms with van der Waals surface area (Å²) in [5, 5.41) is 6.58. The van der Waals surface area contributed by atoms with Gasteiger partial charge in [-0.05, 0) is 31.2 Å². The molecule has 0 spiro atoms. The Bertz CT molecular complexity index is 556. The van der Waals surface area contributed by atoms with Crippen molar-refractivity contribution >= 4 is 27.3 Å². The largest absolute Gasteiger partial charge is 0.310 e. The van der Waals surface area contributed by atoms with E-state index >= 15 is 0 Å². The Morgan fingerprint density at radius 1 is 1.47 bits per heavy atom. The van der Waals surface area contributed by atoms with Gasteiger partial charge in [0.05, 0.1) is 10.7 Å². The molecular weight excluding hydrogens is 327 g/mol. The van der Waals surface area contributed by atoms with Gasteiger partial charge in [-0.25, -0.2) is 9.37 Å². The van der Waals surface area contributed by atoms with Gasteiger partial charge in [-0.15, -0.1) is 11.3 Å². The highest BCUT2D eigenvalue weighted by Gasteiger charge is 2.16. The second kappa shape index (κ2) is 6.59. The Hall–Kier alpha value is -0.780. The molecule has 102 valence electrons. The van der Waals surface area contributed by atoms with E-state index in [2.05, 4.69) is 38.5 Å². The number of nitrogens with zero attached hydrogens (tertiary/aromatic N) is 1. The van der Waals surface area contributed by atoms with Crippen LogP contribution >= 0.6 is 27.3 Å². The smallest absolute Gasteiger partial charge is 0.124 e. The number of nitrogens with one attached hydrogen (secondary N) is 1. The monoisotopic (exact) mass is 342 g/mol. The Balaban J connectivity index is 2.23. The van der Waals surface area contributed by atoms with E-state index in [1.165, 1.54) is 12.1 Å². The number of aryl methyl sites for hydroxylation is 1. The minimum Gasteiger partial charge on any atom is -0.310 e. The van der Waals surface area contributed by atoms with Crippen molar-refractivity contribution in [1.82, 2.24) is 10.3 Å². The fourth-order valence-corrected chi connectivity index (χ4v) is 3.29. The van der Waals surface area contributed by atoms with Crippen molar-refractivity contribution in [2.75, 3.05) is 6.54 Å². The molecule has 0 bridgehead atoms. The van der Waals surface area contributed by atoms with Crippen LogP contribution in [0.15, 0.2) is 28.1 Å². The third-order valence-electron chi connectivity index (χ3n) is 2.87. The first-order chi connectivity index (χ1) is 9.10. The van der Waals surface area contributed by atoms with Gasteiger partial charge in [0.15, 0.2) is 0 Å². The molecule has 0 saturated heterocycles. The van der Waals surface area contributed by atoms with Gasteiger partial charge in [0.2, 0.25) is 0 Å². The molecule has 1 unspecified atom stereocenters. The van der Waals surface area contributed by atoms with Crippen molar-refractivity contribution in [3.05, 3.63) is 50.1 Å². The van der Waals surface area contributed by atoms with Gasteiger partial charge in [-0.1, -0.05) is 28.9 Å². The molecule has 0 fully saturated rings. The Morgan fingerprint density at radius 2 is 2.26 bits per heavy atom. The molecule has 5 heteroatoms. The van der Waals surface area contributed by atoms with Gasteiger partial charge in [-0.3, -0.25) is 0 Å². The number of thiazole rings is 1. The minimum absolute atomic E-state index is 0.140. The zero-order chi connectivity index (χ0) is 13.8. The molecule has 1 N–H and O–H groups in total. The van der Waals surface area contributed by atoms with Crippen molar-refractivity contribution < 1.29 is 4.39 Å². The lowest BCUT2D eigenvalue weighted by atomic mass is 10.0. The summed E-state index contributed by atoms with van der Waals surface area (Å²) in [6.45, 7) is 4.93. The highest BCUT2D eigenvalue weighted by molar-refractivity contribution is 9.10. The number of hydrogen-bond acceptors (Lipinski definition) is 3. The first-order valence-corrected chi connectivity index (χ1v) is 7.86. The topological polar surface area (TPSA) is 24.9 Å². The summed E-state index contributed by atoms with van der Waals surface area (Å²) in [5.74, 6) is -0.227. The van der Waals surface area contributed by atoms with Crippen molar-refractivity contribution in [1.29, 1.82) is 0 Å². The van der Waals surface area contributed by atoms with E-state index in [4.69, 9.17) is 0 Å². The maximum Gasteiger partial charge on any atom is 0.124 e. The van der Waals surface area contributed by atoms with E-state index in [1.807, 2.05) is 13.0 Å². The molecule has 2 aromatic rings. The summed E-state index contributed by atoms with van der Waals surface area (Å²) in [6.07, 6.45) is 0.808. The fraction of sp³-hybridized carbons (Fsp3) is 0.357. The second-order valence-electron chi connectivity index (χ2n) is 4.34. The van der Waals surface area contributed by atoms with Crippen LogP contribution in [0.5, 0.6) is 0 Å². The molecule has 1 heterocycles. The summed E-state index contributed by atoms with van der Waals surface area (Å²) in [6, 6.07) is 4.97. The molecule has 0 saturated carbocycles. The van der Waals surface area contributed by atoms with Crippen LogP contribution in [0, 0.1) is 12.7 Å². The number of benzene rings is 1. The molecule has 1 atom stereocenters. The van der Waals surface area contributed by atoms with E-state index in [9.17, 15) is 4.39 Å². The number of likely N-dealkylation sites (N-methyl/N-ethyl adjacent to an activating group) is 1. The molecule has 2 rings (SSSR count). The third-order valence-corrected chi connectivity index (χ3v) is 4.38. The van der Waals surface area contributed by atoms with Crippen molar-refractivity contribution in [2.45, 2.75) is 26.3 Å². The number of hydrogen-bond donors (Lipinski definition) is 1. The number of aromatic nitrogens is 1. The Morgan fingerprint density at radius 3 is 2.84 bits per heavy atom. The highest BCUT2D eigenvalue weighted by Crippen LogP contribution is 2.27. The summed E-state index contributed by atoms with van der Waals surface area (Å²) in [4.78, 5) is 4.49. The maximum atomic E-state index is 13.2. The lowest BCUT2D eigenvalue weighted by Gasteiger charge is -2.19. The molecule has 2 nitrogen and oxygen atoms in total. The predicted octanol–water partition coefficient (Wildman–Crippen LogP) is 4.25. The van der Waals surface area contributed by atoms with Gasteiger partial charge in [0.1, 0.15) is 5.82 Å². The zero-order valence-electron chi connectivity index (χ0n) is 10.9. The van der Waals surface area contributed by atoms with E-state index in [-0.39, 0.29) is 11.9 Å². The van der Waals surface area contributed by atoms with Crippen molar-refractivity contribution in [2.24, 2.45) is 0 Å². The van der Waals surface area contributed by atoms with E-state index in [1.54, 1.807) is 11.3 Å². The average Bonchev–Trinajstić information content (AvgIpc) is 2.74. The van der Waals surface area contributed by atoms with E-state index in [0.717, 1.165) is 33.7 Å². The zero-order valence-corrected chi connectivity index (χ0v) is 13.3. The Labute approximate surface area is 125 Å². The third kappa shape index (κ3) is 3.84. The van der Waals surface area contributed by atoms with Crippen molar-refractivity contribution in [3.8, 4) is 0 Å². The van der Waals surface area contributed by atoms with E-state index < -0.39 is 0 Å². The molecule has 0 radical (unpaired) electrons. The average molecular weight is 343 g/mol. The first-order valence-electron chi connectivity index (χ1n) is 6.19. The first kappa shape index (κ1) is 14.6. The van der Waals surface area contributed by atoms with Crippen LogP contribution in [-0.4, -0.2) is 11.5 Å². The summed E-state index contributed by atoms with van der Waals surface area (Å²) < 4.78 is 14.0. The van der Waals surface area contributed by atoms with Gasteiger partial charge in [0.25, 0.3) is 0 Å². The Kier molecular flexibility index (Phi) is 5.07. The quantitative estimate of drug-likeness (QED) is 0.878. The van der Waals surface area contributed by atoms with Gasteiger partial charge in [-0.2, -0.15) is 0 Å². The molecule has 0 aliphatic rings. The molecule has 1 aromatic carbocycles. The number of halogens is 2. The van der Waals surface area contributed by atoms with Crippen LogP contribution in [0.3, 0.4) is 0 Å². The summed E-state index contributed by atoms with van der Waals surface area (Å²) in [5.41, 5.74) is 2.14. The van der Waals surface area contributed by atoms with Gasteiger partial charge < -0.3 is 5.32 Å². The molecule has 0 aliphatic carbocycles. The van der Waals surface area contributed by atoms with Crippen LogP contribution in [0.1, 0.15) is 29.2 Å². The van der Waals surface area contributed by atoms with Crippen LogP contribution in [0.2, 0.25) is 0 Å². The molecular formula is C14H16BrFN2S. The lowest BCUT2D eigenvalue weighted by Crippen LogP contribution is -2.23. The van der Waals surface area contributed by atoms with Crippen LogP contribution < -0.4 is 5.32 Å². The normalized spacial score (nSPS) is 12.6. The summed E-state index contributed by atoms with van der Waals surface area (Å²) in [7, 11) is 0. The van der Waals surface area contributed by atoms with Crippen molar-refractivity contribution in [3.63, 3.8) is 0 Å². The van der Waals surface area contributed by atoms with Crippen LogP contribution in [0.25, 0.3) is 0 Å².